The van der Waals surface area contributed by atoms with E-state index in [0.29, 0.717) is 0 Å². The van der Waals surface area contributed by atoms with Crippen molar-refractivity contribution in [1.29, 1.82) is 0 Å². The monoisotopic (exact) mass is 290 g/mol. The standard InChI is InChI=1S/C12H18O8/c1-6(13)17-5-10-12(19-8(3)15)9(18-7(2)14)4-11(16)20-10/h9-12,16H,4-5H2,1-3H3/t9-,10-,11-,12?/m0/s1. The summed E-state index contributed by atoms with van der Waals surface area (Å²) in [7, 11) is 0. The quantitative estimate of drug-likeness (QED) is 0.546. The van der Waals surface area contributed by atoms with Gasteiger partial charge < -0.3 is 24.1 Å². The van der Waals surface area contributed by atoms with Gasteiger partial charge in [0.15, 0.2) is 12.4 Å². The van der Waals surface area contributed by atoms with Gasteiger partial charge in [-0.3, -0.25) is 14.4 Å². The van der Waals surface area contributed by atoms with Crippen molar-refractivity contribution in [3.63, 3.8) is 0 Å². The van der Waals surface area contributed by atoms with E-state index in [4.69, 9.17) is 18.9 Å². The van der Waals surface area contributed by atoms with E-state index >= 15 is 0 Å². The molecule has 20 heavy (non-hydrogen) atoms. The van der Waals surface area contributed by atoms with Crippen LogP contribution in [-0.4, -0.2) is 54.2 Å². The Hall–Kier alpha value is -1.67. The molecule has 8 nitrogen and oxygen atoms in total. The first-order chi connectivity index (χ1) is 9.29. The number of esters is 3. The zero-order chi connectivity index (χ0) is 15.3. The lowest BCUT2D eigenvalue weighted by Gasteiger charge is -2.38. The van der Waals surface area contributed by atoms with Crippen LogP contribution in [0.25, 0.3) is 0 Å². The van der Waals surface area contributed by atoms with E-state index in [-0.39, 0.29) is 13.0 Å². The molecule has 1 aliphatic heterocycles. The van der Waals surface area contributed by atoms with Gasteiger partial charge in [0.1, 0.15) is 18.8 Å². The van der Waals surface area contributed by atoms with E-state index in [9.17, 15) is 19.5 Å². The van der Waals surface area contributed by atoms with E-state index in [1.54, 1.807) is 0 Å². The summed E-state index contributed by atoms with van der Waals surface area (Å²) in [4.78, 5) is 33.0. The molecule has 0 aliphatic carbocycles. The van der Waals surface area contributed by atoms with Gasteiger partial charge in [-0.25, -0.2) is 0 Å². The summed E-state index contributed by atoms with van der Waals surface area (Å²) < 4.78 is 20.0. The maximum absolute atomic E-state index is 11.1. The molecule has 0 radical (unpaired) electrons. The van der Waals surface area contributed by atoms with Crippen molar-refractivity contribution in [3.05, 3.63) is 0 Å². The average molecular weight is 290 g/mol. The zero-order valence-electron chi connectivity index (χ0n) is 11.5. The highest BCUT2D eigenvalue weighted by atomic mass is 16.7. The second-order valence-corrected chi connectivity index (χ2v) is 4.39. The van der Waals surface area contributed by atoms with E-state index in [2.05, 4.69) is 0 Å². The molecule has 0 aromatic rings. The maximum atomic E-state index is 11.1. The first kappa shape index (κ1) is 16.4. The molecule has 1 fully saturated rings. The zero-order valence-corrected chi connectivity index (χ0v) is 11.5. The Kier molecular flexibility index (Phi) is 5.90. The van der Waals surface area contributed by atoms with Gasteiger partial charge in [0, 0.05) is 27.2 Å². The number of hydrogen-bond donors (Lipinski definition) is 1. The van der Waals surface area contributed by atoms with Crippen molar-refractivity contribution >= 4 is 17.9 Å². The number of aliphatic hydroxyl groups is 1. The van der Waals surface area contributed by atoms with E-state index in [1.165, 1.54) is 20.8 Å². The number of rotatable bonds is 4. The summed E-state index contributed by atoms with van der Waals surface area (Å²) in [5.74, 6) is -1.72. The van der Waals surface area contributed by atoms with Gasteiger partial charge in [-0.2, -0.15) is 0 Å². The maximum Gasteiger partial charge on any atom is 0.303 e. The molecule has 0 spiro atoms. The van der Waals surface area contributed by atoms with Gasteiger partial charge in [0.25, 0.3) is 0 Å². The fourth-order valence-corrected chi connectivity index (χ4v) is 1.91. The minimum atomic E-state index is -1.20. The summed E-state index contributed by atoms with van der Waals surface area (Å²) in [5, 5.41) is 9.59. The van der Waals surface area contributed by atoms with E-state index in [1.807, 2.05) is 0 Å². The molecule has 0 aromatic heterocycles. The molecule has 1 unspecified atom stereocenters. The smallest absolute Gasteiger partial charge is 0.303 e. The minimum absolute atomic E-state index is 0.0336. The summed E-state index contributed by atoms with van der Waals surface area (Å²) in [6, 6.07) is 0. The summed E-state index contributed by atoms with van der Waals surface area (Å²) in [6.45, 7) is 3.39. The SMILES string of the molecule is CC(=O)OC[C@@H]1O[C@H](O)C[C@H](OC(C)=O)C1OC(C)=O. The van der Waals surface area contributed by atoms with Gasteiger partial charge in [-0.15, -0.1) is 0 Å². The number of carbonyl (C=O) groups excluding carboxylic acids is 3. The van der Waals surface area contributed by atoms with Gasteiger partial charge in [-0.1, -0.05) is 0 Å². The molecule has 1 aliphatic rings. The van der Waals surface area contributed by atoms with Crippen LogP contribution in [0, 0.1) is 0 Å². The van der Waals surface area contributed by atoms with Crippen LogP contribution in [0.2, 0.25) is 0 Å². The lowest BCUT2D eigenvalue weighted by atomic mass is 10.0. The second kappa shape index (κ2) is 7.20. The summed E-state index contributed by atoms with van der Waals surface area (Å²) in [5.41, 5.74) is 0. The lowest BCUT2D eigenvalue weighted by molar-refractivity contribution is -0.252. The largest absolute Gasteiger partial charge is 0.463 e. The summed E-state index contributed by atoms with van der Waals surface area (Å²) >= 11 is 0. The third kappa shape index (κ3) is 5.14. The van der Waals surface area contributed by atoms with Crippen LogP contribution < -0.4 is 0 Å². The third-order valence-corrected chi connectivity index (χ3v) is 2.57. The van der Waals surface area contributed by atoms with Gasteiger partial charge >= 0.3 is 17.9 Å². The van der Waals surface area contributed by atoms with Crippen LogP contribution in [0.15, 0.2) is 0 Å². The van der Waals surface area contributed by atoms with Crippen molar-refractivity contribution < 1.29 is 38.4 Å². The highest BCUT2D eigenvalue weighted by Gasteiger charge is 2.43. The number of hydrogen-bond acceptors (Lipinski definition) is 8. The molecule has 8 heteroatoms. The Morgan fingerprint density at radius 2 is 1.70 bits per heavy atom. The highest BCUT2D eigenvalue weighted by molar-refractivity contribution is 5.67. The lowest BCUT2D eigenvalue weighted by Crippen LogP contribution is -2.53. The Bertz CT molecular complexity index is 380. The van der Waals surface area contributed by atoms with Crippen LogP contribution in [0.4, 0.5) is 0 Å². The molecule has 1 saturated heterocycles. The number of carbonyl (C=O) groups is 3. The topological polar surface area (TPSA) is 108 Å². The molecule has 0 bridgehead atoms. The van der Waals surface area contributed by atoms with Crippen LogP contribution in [0.3, 0.4) is 0 Å². The molecule has 1 N–H and O–H groups in total. The number of aliphatic hydroxyl groups excluding tert-OH is 1. The molecule has 114 valence electrons. The molecule has 1 heterocycles. The normalized spacial score (nSPS) is 29.4. The van der Waals surface area contributed by atoms with E-state index < -0.39 is 42.5 Å². The minimum Gasteiger partial charge on any atom is -0.463 e. The highest BCUT2D eigenvalue weighted by Crippen LogP contribution is 2.25. The Balaban J connectivity index is 2.82. The molecule has 1 rings (SSSR count). The first-order valence-corrected chi connectivity index (χ1v) is 6.11. The van der Waals surface area contributed by atoms with Crippen molar-refractivity contribution in [1.82, 2.24) is 0 Å². The van der Waals surface area contributed by atoms with Crippen LogP contribution in [0.5, 0.6) is 0 Å². The van der Waals surface area contributed by atoms with Crippen molar-refractivity contribution in [2.75, 3.05) is 6.61 Å². The molecular formula is C12H18O8. The average Bonchev–Trinajstić information content (AvgIpc) is 2.28. The predicted octanol–water partition coefficient (Wildman–Crippen LogP) is -0.480. The molecule has 0 saturated carbocycles. The molecular weight excluding hydrogens is 272 g/mol. The van der Waals surface area contributed by atoms with Crippen molar-refractivity contribution in [3.8, 4) is 0 Å². The van der Waals surface area contributed by atoms with Crippen molar-refractivity contribution in [2.24, 2.45) is 0 Å². The predicted molar refractivity (Wildman–Crippen MR) is 63.2 cm³/mol. The fraction of sp³-hybridized carbons (Fsp3) is 0.750. The van der Waals surface area contributed by atoms with Gasteiger partial charge in [0.05, 0.1) is 0 Å². The van der Waals surface area contributed by atoms with Gasteiger partial charge in [0.2, 0.25) is 0 Å². The second-order valence-electron chi connectivity index (χ2n) is 4.39. The Morgan fingerprint density at radius 1 is 1.10 bits per heavy atom. The van der Waals surface area contributed by atoms with Gasteiger partial charge in [-0.05, 0) is 0 Å². The summed E-state index contributed by atoms with van der Waals surface area (Å²) in [6.07, 6.45) is -3.95. The molecule has 0 amide bonds. The fourth-order valence-electron chi connectivity index (χ4n) is 1.91. The van der Waals surface area contributed by atoms with Crippen LogP contribution in [-0.2, 0) is 33.3 Å². The first-order valence-electron chi connectivity index (χ1n) is 6.11. The van der Waals surface area contributed by atoms with E-state index in [0.717, 1.165) is 0 Å². The Labute approximate surface area is 115 Å². The van der Waals surface area contributed by atoms with Crippen LogP contribution in [0.1, 0.15) is 27.2 Å². The van der Waals surface area contributed by atoms with Crippen molar-refractivity contribution in [2.45, 2.75) is 51.8 Å². The third-order valence-electron chi connectivity index (χ3n) is 2.57. The van der Waals surface area contributed by atoms with Crippen LogP contribution >= 0.6 is 0 Å². The number of ether oxygens (including phenoxy) is 4. The Morgan fingerprint density at radius 3 is 2.20 bits per heavy atom. The molecule has 4 atom stereocenters. The molecule has 0 aromatic carbocycles.